The fourth-order valence-corrected chi connectivity index (χ4v) is 4.24. The van der Waals surface area contributed by atoms with Gasteiger partial charge in [0.1, 0.15) is 0 Å². The van der Waals surface area contributed by atoms with E-state index in [0.29, 0.717) is 48.3 Å². The predicted molar refractivity (Wildman–Crippen MR) is 125 cm³/mol. The number of nitrogens with one attached hydrogen (secondary N) is 1. The molecule has 1 fully saturated rings. The van der Waals surface area contributed by atoms with Crippen LogP contribution in [0, 0.1) is 0 Å². The van der Waals surface area contributed by atoms with Gasteiger partial charge in [0.05, 0.1) is 11.1 Å². The number of carbonyl (C=O) groups excluding carboxylic acids is 2. The number of hydrogen-bond acceptors (Lipinski definition) is 4. The standard InChI is InChI=1S/C27H23F6NO4/c28-26(29,30)20-13-17(14-21(15-20)27(31,32)33)12-19-7-6-18-11-16(4-8-22(18)25(19)36)5-9-23(35)34-38-24-3-1-2-10-37-24/h4-5,8-9,11-15,24H,1-3,6-7,10H2,(H,34,35)/b9-5+,19-12+. The minimum Gasteiger partial charge on any atom is -0.350 e. The van der Waals surface area contributed by atoms with Gasteiger partial charge in [-0.2, -0.15) is 26.3 Å². The lowest BCUT2D eigenvalue weighted by Gasteiger charge is -2.21. The summed E-state index contributed by atoms with van der Waals surface area (Å²) in [4.78, 5) is 30.2. The van der Waals surface area contributed by atoms with Gasteiger partial charge in [-0.3, -0.25) is 9.59 Å². The number of ketones is 1. The third-order valence-electron chi connectivity index (χ3n) is 6.14. The molecule has 1 unspecified atom stereocenters. The number of aryl methyl sites for hydroxylation is 1. The molecule has 1 heterocycles. The minimum atomic E-state index is -4.98. The molecule has 1 saturated heterocycles. The highest BCUT2D eigenvalue weighted by Gasteiger charge is 2.37. The number of allylic oxidation sites excluding steroid dienone is 1. The van der Waals surface area contributed by atoms with Crippen LogP contribution in [0.25, 0.3) is 12.2 Å². The molecule has 1 N–H and O–H groups in total. The van der Waals surface area contributed by atoms with E-state index in [9.17, 15) is 35.9 Å². The Morgan fingerprint density at radius 2 is 1.66 bits per heavy atom. The highest BCUT2D eigenvalue weighted by atomic mass is 19.4. The van der Waals surface area contributed by atoms with E-state index in [-0.39, 0.29) is 23.6 Å². The summed E-state index contributed by atoms with van der Waals surface area (Å²) in [6.07, 6.45) is -3.56. The average Bonchev–Trinajstić information content (AvgIpc) is 2.87. The van der Waals surface area contributed by atoms with Crippen LogP contribution in [0.5, 0.6) is 0 Å². The zero-order valence-electron chi connectivity index (χ0n) is 19.9. The number of benzene rings is 2. The summed E-state index contributed by atoms with van der Waals surface area (Å²) >= 11 is 0. The van der Waals surface area contributed by atoms with Crippen molar-refractivity contribution in [2.75, 3.05) is 6.61 Å². The Balaban J connectivity index is 1.48. The first kappa shape index (κ1) is 27.6. The second kappa shape index (κ2) is 11.1. The zero-order chi connectivity index (χ0) is 27.5. The van der Waals surface area contributed by atoms with Gasteiger partial charge >= 0.3 is 12.4 Å². The van der Waals surface area contributed by atoms with Crippen molar-refractivity contribution in [3.63, 3.8) is 0 Å². The van der Waals surface area contributed by atoms with E-state index >= 15 is 0 Å². The number of amides is 1. The predicted octanol–water partition coefficient (Wildman–Crippen LogP) is 6.52. The number of halogens is 6. The van der Waals surface area contributed by atoms with E-state index in [4.69, 9.17) is 9.57 Å². The number of ether oxygens (including phenoxy) is 1. The fraction of sp³-hybridized carbons (Fsp3) is 0.333. The molecule has 202 valence electrons. The van der Waals surface area contributed by atoms with Crippen LogP contribution in [0.15, 0.2) is 48.0 Å². The second-order valence-corrected chi connectivity index (χ2v) is 8.97. The number of hydrogen-bond donors (Lipinski definition) is 1. The Hall–Kier alpha value is -3.44. The Labute approximate surface area is 214 Å². The maximum absolute atomic E-state index is 13.2. The highest BCUT2D eigenvalue weighted by Crippen LogP contribution is 2.37. The van der Waals surface area contributed by atoms with E-state index in [0.717, 1.165) is 18.9 Å². The molecule has 11 heteroatoms. The summed E-state index contributed by atoms with van der Waals surface area (Å²) in [5.41, 5.74) is 0.731. The topological polar surface area (TPSA) is 64.6 Å². The molecular weight excluding hydrogens is 516 g/mol. The Bertz CT molecular complexity index is 1240. The maximum atomic E-state index is 13.2. The van der Waals surface area contributed by atoms with Crippen molar-refractivity contribution in [1.82, 2.24) is 5.48 Å². The second-order valence-electron chi connectivity index (χ2n) is 8.97. The van der Waals surface area contributed by atoms with Crippen LogP contribution in [-0.2, 0) is 33.1 Å². The van der Waals surface area contributed by atoms with Gasteiger partial charge < -0.3 is 4.74 Å². The molecule has 2 aliphatic rings. The summed E-state index contributed by atoms with van der Waals surface area (Å²) in [5.74, 6) is -0.983. The first-order chi connectivity index (χ1) is 17.9. The Morgan fingerprint density at radius 3 is 2.29 bits per heavy atom. The molecule has 1 aliphatic heterocycles. The summed E-state index contributed by atoms with van der Waals surface area (Å²) in [6, 6.07) is 6.03. The number of hydroxylamine groups is 1. The van der Waals surface area contributed by atoms with E-state index in [2.05, 4.69) is 5.48 Å². The lowest BCUT2D eigenvalue weighted by molar-refractivity contribution is -0.198. The van der Waals surface area contributed by atoms with Crippen LogP contribution in [-0.4, -0.2) is 24.6 Å². The van der Waals surface area contributed by atoms with Gasteiger partial charge in [0.2, 0.25) is 0 Å². The Kier molecular flexibility index (Phi) is 8.08. The van der Waals surface area contributed by atoms with Crippen LogP contribution >= 0.6 is 0 Å². The number of fused-ring (bicyclic) bond motifs is 1. The van der Waals surface area contributed by atoms with Gasteiger partial charge in [-0.1, -0.05) is 18.2 Å². The molecule has 4 rings (SSSR count). The molecule has 0 spiro atoms. The summed E-state index contributed by atoms with van der Waals surface area (Å²) in [7, 11) is 0. The molecule has 38 heavy (non-hydrogen) atoms. The highest BCUT2D eigenvalue weighted by molar-refractivity contribution is 6.13. The summed E-state index contributed by atoms with van der Waals surface area (Å²) in [6.45, 7) is 0.565. The van der Waals surface area contributed by atoms with E-state index in [1.54, 1.807) is 12.1 Å². The minimum absolute atomic E-state index is 0.0468. The van der Waals surface area contributed by atoms with Crippen LogP contribution in [0.4, 0.5) is 26.3 Å². The largest absolute Gasteiger partial charge is 0.416 e. The van der Waals surface area contributed by atoms with E-state index in [1.807, 2.05) is 0 Å². The average molecular weight is 539 g/mol. The Morgan fingerprint density at radius 1 is 0.947 bits per heavy atom. The molecule has 0 saturated carbocycles. The van der Waals surface area contributed by atoms with Gasteiger partial charge in [-0.15, -0.1) is 0 Å². The van der Waals surface area contributed by atoms with Gasteiger partial charge in [0.25, 0.3) is 5.91 Å². The molecule has 2 aromatic rings. The fourth-order valence-electron chi connectivity index (χ4n) is 4.24. The van der Waals surface area contributed by atoms with Gasteiger partial charge in [-0.25, -0.2) is 10.3 Å². The first-order valence-corrected chi connectivity index (χ1v) is 11.8. The first-order valence-electron chi connectivity index (χ1n) is 11.8. The maximum Gasteiger partial charge on any atom is 0.416 e. The number of carbonyl (C=O) groups is 2. The van der Waals surface area contributed by atoms with Crippen LogP contribution in [0.3, 0.4) is 0 Å². The molecule has 1 atom stereocenters. The molecular formula is C27H23F6NO4. The molecule has 0 bridgehead atoms. The van der Waals surface area contributed by atoms with Crippen molar-refractivity contribution >= 4 is 23.8 Å². The third-order valence-corrected chi connectivity index (χ3v) is 6.14. The molecule has 1 aliphatic carbocycles. The zero-order valence-corrected chi connectivity index (χ0v) is 19.9. The smallest absolute Gasteiger partial charge is 0.350 e. The quantitative estimate of drug-likeness (QED) is 0.267. The molecule has 5 nitrogen and oxygen atoms in total. The van der Waals surface area contributed by atoms with Crippen molar-refractivity contribution in [2.24, 2.45) is 0 Å². The number of alkyl halides is 6. The van der Waals surface area contributed by atoms with Crippen LogP contribution in [0.2, 0.25) is 0 Å². The van der Waals surface area contributed by atoms with Crippen LogP contribution in [0.1, 0.15) is 63.9 Å². The molecule has 0 aromatic heterocycles. The molecule has 0 radical (unpaired) electrons. The van der Waals surface area contributed by atoms with Crippen molar-refractivity contribution in [3.05, 3.63) is 81.4 Å². The normalized spacial score (nSPS) is 19.6. The lowest BCUT2D eigenvalue weighted by atomic mass is 9.85. The van der Waals surface area contributed by atoms with Gasteiger partial charge in [0, 0.05) is 30.2 Å². The van der Waals surface area contributed by atoms with Crippen molar-refractivity contribution < 1.29 is 45.5 Å². The van der Waals surface area contributed by atoms with E-state index in [1.165, 1.54) is 18.2 Å². The molecule has 1 amide bonds. The third kappa shape index (κ3) is 6.90. The summed E-state index contributed by atoms with van der Waals surface area (Å²) < 4.78 is 84.4. The van der Waals surface area contributed by atoms with Crippen molar-refractivity contribution in [3.8, 4) is 0 Å². The van der Waals surface area contributed by atoms with Gasteiger partial charge in [-0.05, 0) is 72.7 Å². The molecule has 2 aromatic carbocycles. The SMILES string of the molecule is O=C(/C=C/c1ccc2c(c1)CC/C(=C\c1cc(C(F)(F)F)cc(C(F)(F)F)c1)C2=O)NOC1CCCCO1. The van der Waals surface area contributed by atoms with Crippen molar-refractivity contribution in [1.29, 1.82) is 0 Å². The van der Waals surface area contributed by atoms with E-state index < -0.39 is 41.5 Å². The summed E-state index contributed by atoms with van der Waals surface area (Å²) in [5, 5.41) is 0. The van der Waals surface area contributed by atoms with Gasteiger partial charge in [0.15, 0.2) is 12.1 Å². The van der Waals surface area contributed by atoms with Crippen molar-refractivity contribution in [2.45, 2.75) is 50.7 Å². The monoisotopic (exact) mass is 539 g/mol. The number of Topliss-reactive ketones (excluding diaryl/α,β-unsaturated/α-hetero) is 1. The van der Waals surface area contributed by atoms with Crippen LogP contribution < -0.4 is 5.48 Å². The lowest BCUT2D eigenvalue weighted by Crippen LogP contribution is -2.32. The number of rotatable bonds is 5.